The first-order valence-corrected chi connectivity index (χ1v) is 5.96. The molecule has 104 valence electrons. The van der Waals surface area contributed by atoms with Gasteiger partial charge in [-0.3, -0.25) is 0 Å². The highest BCUT2D eigenvalue weighted by Gasteiger charge is 2.09. The van der Waals surface area contributed by atoms with E-state index < -0.39 is 11.8 Å². The first-order chi connectivity index (χ1) is 9.51. The lowest BCUT2D eigenvalue weighted by atomic mass is 10.1. The molecular weight excluding hydrogens is 261 g/mol. The van der Waals surface area contributed by atoms with Crippen LogP contribution in [0, 0.1) is 12.7 Å². The fraction of sp³-hybridized carbons (Fsp3) is 0.133. The molecule has 2 rings (SSSR count). The Morgan fingerprint density at radius 1 is 1.20 bits per heavy atom. The van der Waals surface area contributed by atoms with Crippen molar-refractivity contribution in [3.8, 4) is 5.75 Å². The number of hydrogen-bond donors (Lipinski definition) is 2. The van der Waals surface area contributed by atoms with Crippen molar-refractivity contribution in [1.82, 2.24) is 0 Å². The van der Waals surface area contributed by atoms with Crippen LogP contribution in [0.15, 0.2) is 36.4 Å². The van der Waals surface area contributed by atoms with Gasteiger partial charge in [-0.15, -0.1) is 0 Å². The molecule has 2 aromatic carbocycles. The molecule has 0 bridgehead atoms. The highest BCUT2D eigenvalue weighted by molar-refractivity contribution is 5.89. The molecule has 0 amide bonds. The Labute approximate surface area is 115 Å². The summed E-state index contributed by atoms with van der Waals surface area (Å²) in [5.74, 6) is -1.07. The summed E-state index contributed by atoms with van der Waals surface area (Å²) >= 11 is 0. The largest absolute Gasteiger partial charge is 0.497 e. The molecule has 0 fully saturated rings. The molecular formula is C15H14FNO3. The molecule has 0 aliphatic carbocycles. The van der Waals surface area contributed by atoms with Crippen molar-refractivity contribution >= 4 is 17.3 Å². The van der Waals surface area contributed by atoms with Gasteiger partial charge in [0.2, 0.25) is 0 Å². The van der Waals surface area contributed by atoms with Crippen LogP contribution < -0.4 is 10.1 Å². The molecule has 2 aromatic rings. The van der Waals surface area contributed by atoms with Crippen LogP contribution >= 0.6 is 0 Å². The van der Waals surface area contributed by atoms with E-state index in [1.165, 1.54) is 25.3 Å². The van der Waals surface area contributed by atoms with Gasteiger partial charge in [0.15, 0.2) is 0 Å². The maximum absolute atomic E-state index is 13.9. The quantitative estimate of drug-likeness (QED) is 0.895. The van der Waals surface area contributed by atoms with Crippen molar-refractivity contribution in [3.63, 3.8) is 0 Å². The van der Waals surface area contributed by atoms with E-state index in [-0.39, 0.29) is 11.3 Å². The number of nitrogens with one attached hydrogen (secondary N) is 1. The normalized spacial score (nSPS) is 10.2. The molecule has 0 aliphatic heterocycles. The lowest BCUT2D eigenvalue weighted by Gasteiger charge is -2.12. The number of methoxy groups -OCH3 is 1. The van der Waals surface area contributed by atoms with Gasteiger partial charge in [0.1, 0.15) is 11.6 Å². The monoisotopic (exact) mass is 275 g/mol. The van der Waals surface area contributed by atoms with E-state index in [4.69, 9.17) is 9.84 Å². The van der Waals surface area contributed by atoms with Crippen LogP contribution in [0.3, 0.4) is 0 Å². The van der Waals surface area contributed by atoms with E-state index in [1.807, 2.05) is 6.92 Å². The minimum absolute atomic E-state index is 0.145. The number of ether oxygens (including phenoxy) is 1. The van der Waals surface area contributed by atoms with Crippen LogP contribution in [0.1, 0.15) is 15.9 Å². The van der Waals surface area contributed by atoms with E-state index in [0.717, 1.165) is 5.56 Å². The summed E-state index contributed by atoms with van der Waals surface area (Å²) in [7, 11) is 1.46. The number of halogens is 1. The van der Waals surface area contributed by atoms with E-state index in [2.05, 4.69) is 5.32 Å². The third-order valence-electron chi connectivity index (χ3n) is 2.93. The SMILES string of the molecule is COc1ccc(Nc2cc(C(=O)O)ccc2C)c(F)c1. The maximum Gasteiger partial charge on any atom is 0.335 e. The number of carbonyl (C=O) groups is 1. The Hall–Kier alpha value is -2.56. The number of benzene rings is 2. The summed E-state index contributed by atoms with van der Waals surface area (Å²) < 4.78 is 18.8. The van der Waals surface area contributed by atoms with Crippen molar-refractivity contribution in [2.75, 3.05) is 12.4 Å². The second-order valence-electron chi connectivity index (χ2n) is 4.31. The van der Waals surface area contributed by atoms with Gasteiger partial charge in [-0.1, -0.05) is 6.07 Å². The Balaban J connectivity index is 2.34. The average molecular weight is 275 g/mol. The molecule has 5 heteroatoms. The molecule has 0 atom stereocenters. The van der Waals surface area contributed by atoms with Gasteiger partial charge in [0.25, 0.3) is 0 Å². The van der Waals surface area contributed by atoms with Gasteiger partial charge in [-0.2, -0.15) is 0 Å². The maximum atomic E-state index is 13.9. The number of carboxylic acid groups (broad SMARTS) is 1. The fourth-order valence-electron chi connectivity index (χ4n) is 1.76. The lowest BCUT2D eigenvalue weighted by Crippen LogP contribution is -2.01. The topological polar surface area (TPSA) is 58.6 Å². The van der Waals surface area contributed by atoms with Crippen molar-refractivity contribution in [2.24, 2.45) is 0 Å². The van der Waals surface area contributed by atoms with Crippen LogP contribution in [0.5, 0.6) is 5.75 Å². The Kier molecular flexibility index (Phi) is 3.89. The second kappa shape index (κ2) is 5.61. The van der Waals surface area contributed by atoms with Crippen molar-refractivity contribution in [2.45, 2.75) is 6.92 Å². The molecule has 0 unspecified atom stereocenters. The highest BCUT2D eigenvalue weighted by atomic mass is 19.1. The third-order valence-corrected chi connectivity index (χ3v) is 2.93. The molecule has 0 aromatic heterocycles. The zero-order valence-corrected chi connectivity index (χ0v) is 11.1. The van der Waals surface area contributed by atoms with Crippen LogP contribution in [0.2, 0.25) is 0 Å². The lowest BCUT2D eigenvalue weighted by molar-refractivity contribution is 0.0697. The van der Waals surface area contributed by atoms with Crippen molar-refractivity contribution in [1.29, 1.82) is 0 Å². The molecule has 0 saturated carbocycles. The second-order valence-corrected chi connectivity index (χ2v) is 4.31. The predicted molar refractivity (Wildman–Crippen MR) is 74.4 cm³/mol. The van der Waals surface area contributed by atoms with Gasteiger partial charge in [-0.25, -0.2) is 9.18 Å². The smallest absolute Gasteiger partial charge is 0.335 e. The number of carboxylic acids is 1. The average Bonchev–Trinajstić information content (AvgIpc) is 2.42. The fourth-order valence-corrected chi connectivity index (χ4v) is 1.76. The molecule has 0 radical (unpaired) electrons. The molecule has 0 saturated heterocycles. The highest BCUT2D eigenvalue weighted by Crippen LogP contribution is 2.26. The molecule has 0 heterocycles. The zero-order chi connectivity index (χ0) is 14.7. The van der Waals surface area contributed by atoms with E-state index >= 15 is 0 Å². The van der Waals surface area contributed by atoms with Gasteiger partial charge in [0, 0.05) is 11.8 Å². The minimum atomic E-state index is -1.02. The molecule has 0 aliphatic rings. The molecule has 2 N–H and O–H groups in total. The Morgan fingerprint density at radius 2 is 1.95 bits per heavy atom. The number of rotatable bonds is 4. The summed E-state index contributed by atoms with van der Waals surface area (Å²) in [5.41, 5.74) is 1.78. The first kappa shape index (κ1) is 13.9. The Bertz CT molecular complexity index is 656. The van der Waals surface area contributed by atoms with E-state index in [9.17, 15) is 9.18 Å². The Morgan fingerprint density at radius 3 is 2.55 bits per heavy atom. The minimum Gasteiger partial charge on any atom is -0.497 e. The predicted octanol–water partition coefficient (Wildman–Crippen LogP) is 3.58. The summed E-state index contributed by atoms with van der Waals surface area (Å²) in [6.07, 6.45) is 0. The summed E-state index contributed by atoms with van der Waals surface area (Å²) in [4.78, 5) is 10.9. The van der Waals surface area contributed by atoms with E-state index in [0.29, 0.717) is 11.4 Å². The summed E-state index contributed by atoms with van der Waals surface area (Å²) in [5, 5.41) is 11.9. The zero-order valence-electron chi connectivity index (χ0n) is 11.1. The number of hydrogen-bond acceptors (Lipinski definition) is 3. The van der Waals surface area contributed by atoms with Crippen LogP contribution in [0.4, 0.5) is 15.8 Å². The van der Waals surface area contributed by atoms with Gasteiger partial charge < -0.3 is 15.2 Å². The van der Waals surface area contributed by atoms with E-state index in [1.54, 1.807) is 18.2 Å². The molecule has 4 nitrogen and oxygen atoms in total. The number of anilines is 2. The standard InChI is InChI=1S/C15H14FNO3/c1-9-3-4-10(15(18)19)7-14(9)17-13-6-5-11(20-2)8-12(13)16/h3-8,17H,1-2H3,(H,18,19). The summed E-state index contributed by atoms with van der Waals surface area (Å²) in [6.45, 7) is 1.81. The molecule has 0 spiro atoms. The van der Waals surface area contributed by atoms with Gasteiger partial charge in [-0.05, 0) is 36.8 Å². The van der Waals surface area contributed by atoms with Crippen molar-refractivity contribution in [3.05, 3.63) is 53.3 Å². The van der Waals surface area contributed by atoms with Crippen LogP contribution in [-0.4, -0.2) is 18.2 Å². The third kappa shape index (κ3) is 2.88. The summed E-state index contributed by atoms with van der Waals surface area (Å²) in [6, 6.07) is 9.09. The first-order valence-electron chi connectivity index (χ1n) is 5.96. The van der Waals surface area contributed by atoms with Gasteiger partial charge >= 0.3 is 5.97 Å². The number of aromatic carboxylic acids is 1. The number of aryl methyl sites for hydroxylation is 1. The molecule has 20 heavy (non-hydrogen) atoms. The van der Waals surface area contributed by atoms with Crippen LogP contribution in [0.25, 0.3) is 0 Å². The van der Waals surface area contributed by atoms with Gasteiger partial charge in [0.05, 0.1) is 18.4 Å². The van der Waals surface area contributed by atoms with Crippen molar-refractivity contribution < 1.29 is 19.0 Å². The van der Waals surface area contributed by atoms with Crippen LogP contribution in [-0.2, 0) is 0 Å².